The molecule has 7 heteroatoms. The summed E-state index contributed by atoms with van der Waals surface area (Å²) < 4.78 is 10.9. The molecule has 1 unspecified atom stereocenters. The quantitative estimate of drug-likeness (QED) is 0.292. The van der Waals surface area contributed by atoms with E-state index in [0.29, 0.717) is 25.3 Å². The second-order valence-electron chi connectivity index (χ2n) is 8.51. The first kappa shape index (κ1) is 25.6. The molecule has 2 amide bonds. The number of ether oxygens (including phenoxy) is 2. The van der Waals surface area contributed by atoms with Gasteiger partial charge in [-0.3, -0.25) is 0 Å². The number of nitrogens with one attached hydrogen (secondary N) is 3. The Morgan fingerprint density at radius 1 is 1.24 bits per heavy atom. The lowest BCUT2D eigenvalue weighted by atomic mass is 9.90. The summed E-state index contributed by atoms with van der Waals surface area (Å²) in [5.41, 5.74) is 5.68. The second kappa shape index (κ2) is 10.9. The zero-order valence-electron chi connectivity index (χ0n) is 20.3. The van der Waals surface area contributed by atoms with Crippen molar-refractivity contribution in [3.05, 3.63) is 72.5 Å². The fourth-order valence-electron chi connectivity index (χ4n) is 3.87. The van der Waals surface area contributed by atoms with Gasteiger partial charge < -0.3 is 25.5 Å². The molecule has 180 valence electrons. The Bertz CT molecular complexity index is 1090. The van der Waals surface area contributed by atoms with Crippen LogP contribution in [0.1, 0.15) is 43.9 Å². The number of thioether (sulfide) groups is 1. The van der Waals surface area contributed by atoms with Gasteiger partial charge in [0.1, 0.15) is 11.0 Å². The number of fused-ring (bicyclic) bond motifs is 1. The van der Waals surface area contributed by atoms with Crippen molar-refractivity contribution in [1.29, 1.82) is 5.41 Å². The average molecular weight is 480 g/mol. The van der Waals surface area contributed by atoms with Gasteiger partial charge >= 0.3 is 6.03 Å². The van der Waals surface area contributed by atoms with Crippen molar-refractivity contribution >= 4 is 29.1 Å². The maximum absolute atomic E-state index is 12.1. The van der Waals surface area contributed by atoms with Crippen molar-refractivity contribution in [3.63, 3.8) is 0 Å². The molecule has 34 heavy (non-hydrogen) atoms. The molecule has 0 spiro atoms. The molecular weight excluding hydrogens is 446 g/mol. The molecule has 0 aliphatic carbocycles. The Morgan fingerprint density at radius 3 is 2.56 bits per heavy atom. The van der Waals surface area contributed by atoms with Crippen molar-refractivity contribution in [2.24, 2.45) is 0 Å². The number of hydrogen-bond acceptors (Lipinski definition) is 5. The van der Waals surface area contributed by atoms with Gasteiger partial charge in [0.25, 0.3) is 0 Å². The summed E-state index contributed by atoms with van der Waals surface area (Å²) in [7, 11) is 1.64. The zero-order valence-corrected chi connectivity index (χ0v) is 21.1. The maximum atomic E-state index is 12.1. The normalized spacial score (nSPS) is 14.9. The molecule has 2 aromatic carbocycles. The topological polar surface area (TPSA) is 83.4 Å². The van der Waals surface area contributed by atoms with Gasteiger partial charge in [-0.25, -0.2) is 4.79 Å². The Hall–Kier alpha value is -3.03. The van der Waals surface area contributed by atoms with E-state index in [1.165, 1.54) is 6.26 Å². The number of carbonyl (C=O) groups excluding carboxylic acids is 1. The number of benzene rings is 2. The maximum Gasteiger partial charge on any atom is 0.315 e. The minimum absolute atomic E-state index is 0.220. The predicted octanol–water partition coefficient (Wildman–Crippen LogP) is 5.92. The molecule has 0 saturated carbocycles. The summed E-state index contributed by atoms with van der Waals surface area (Å²) in [4.78, 5) is 13.1. The van der Waals surface area contributed by atoms with Crippen molar-refractivity contribution in [3.8, 4) is 11.1 Å². The first-order valence-electron chi connectivity index (χ1n) is 11.3. The predicted molar refractivity (Wildman–Crippen MR) is 140 cm³/mol. The molecule has 0 bridgehead atoms. The molecular formula is C27H33N3O3S. The highest BCUT2D eigenvalue weighted by Gasteiger charge is 2.30. The summed E-state index contributed by atoms with van der Waals surface area (Å²) in [6.45, 7) is 14.8. The van der Waals surface area contributed by atoms with Crippen LogP contribution in [-0.4, -0.2) is 37.4 Å². The van der Waals surface area contributed by atoms with Crippen LogP contribution in [0.15, 0.2) is 60.7 Å². The molecule has 0 radical (unpaired) electrons. The lowest BCUT2D eigenvalue weighted by Crippen LogP contribution is -2.39. The van der Waals surface area contributed by atoms with Gasteiger partial charge in [-0.2, -0.15) is 0 Å². The van der Waals surface area contributed by atoms with Crippen LogP contribution in [0.2, 0.25) is 0 Å². The van der Waals surface area contributed by atoms with Gasteiger partial charge in [0.2, 0.25) is 0 Å². The Balaban J connectivity index is 2.01. The van der Waals surface area contributed by atoms with E-state index in [2.05, 4.69) is 29.9 Å². The number of rotatable bonds is 10. The highest BCUT2D eigenvalue weighted by atomic mass is 32.2. The smallest absolute Gasteiger partial charge is 0.315 e. The molecule has 1 aliphatic rings. The molecule has 0 aromatic heterocycles. The van der Waals surface area contributed by atoms with E-state index in [4.69, 9.17) is 14.9 Å². The molecule has 6 nitrogen and oxygen atoms in total. The summed E-state index contributed by atoms with van der Waals surface area (Å²) >= 11 is 1.54. The Kier molecular flexibility index (Phi) is 8.23. The van der Waals surface area contributed by atoms with Crippen LogP contribution < -0.4 is 10.6 Å². The lowest BCUT2D eigenvalue weighted by molar-refractivity contribution is 0.0560. The van der Waals surface area contributed by atoms with Crippen LogP contribution in [0.5, 0.6) is 0 Å². The van der Waals surface area contributed by atoms with E-state index in [9.17, 15) is 4.79 Å². The van der Waals surface area contributed by atoms with Crippen molar-refractivity contribution < 1.29 is 14.3 Å². The SMILES string of the molecule is C=COC(C)(C)c1ccc(-c2cc3c(cc2C(=N)CCOC)SC(NC(=O)NCC)C3=C)cc1. The first-order chi connectivity index (χ1) is 16.2. The number of carbonyl (C=O) groups is 1. The Morgan fingerprint density at radius 2 is 1.94 bits per heavy atom. The zero-order chi connectivity index (χ0) is 24.9. The number of amides is 2. The van der Waals surface area contributed by atoms with Crippen LogP contribution in [0.4, 0.5) is 4.79 Å². The van der Waals surface area contributed by atoms with Gasteiger partial charge in [-0.05, 0) is 60.7 Å². The van der Waals surface area contributed by atoms with Crippen LogP contribution in [0, 0.1) is 5.41 Å². The summed E-state index contributed by atoms with van der Waals surface area (Å²) in [6.07, 6.45) is 1.96. The van der Waals surface area contributed by atoms with Gasteiger partial charge in [0.15, 0.2) is 0 Å². The highest BCUT2D eigenvalue weighted by Crippen LogP contribution is 2.46. The number of urea groups is 1. The molecule has 3 rings (SSSR count). The highest BCUT2D eigenvalue weighted by molar-refractivity contribution is 8.00. The van der Waals surface area contributed by atoms with Crippen molar-refractivity contribution in [2.75, 3.05) is 20.3 Å². The van der Waals surface area contributed by atoms with Gasteiger partial charge in [0, 0.05) is 36.2 Å². The van der Waals surface area contributed by atoms with Crippen LogP contribution in [0.3, 0.4) is 0 Å². The standard InChI is InChI=1S/C27H33N3O3S/c1-7-29-26(31)30-25-17(3)20-15-21(22(16-24(20)34-25)23(28)13-14-32-6)18-9-11-19(12-10-18)27(4,5)33-8-2/h8-12,15-16,25,28H,2-3,7,13-14H2,1,4-6H3,(H2,29,30,31). The molecule has 0 saturated heterocycles. The van der Waals surface area contributed by atoms with Crippen molar-refractivity contribution in [1.82, 2.24) is 10.6 Å². The third-order valence-corrected chi connectivity index (χ3v) is 7.01. The largest absolute Gasteiger partial charge is 0.491 e. The van der Waals surface area contributed by atoms with Gasteiger partial charge in [-0.15, -0.1) is 0 Å². The average Bonchev–Trinajstić information content (AvgIpc) is 3.11. The summed E-state index contributed by atoms with van der Waals surface area (Å²) in [5, 5.41) is 14.2. The van der Waals surface area contributed by atoms with Crippen LogP contribution >= 0.6 is 11.8 Å². The molecule has 0 fully saturated rings. The van der Waals surface area contributed by atoms with Crippen molar-refractivity contribution in [2.45, 2.75) is 43.1 Å². The lowest BCUT2D eigenvalue weighted by Gasteiger charge is -2.25. The Labute approximate surface area is 206 Å². The third kappa shape index (κ3) is 5.54. The van der Waals surface area contributed by atoms with Crippen LogP contribution in [0.25, 0.3) is 16.7 Å². The minimum Gasteiger partial charge on any atom is -0.491 e. The minimum atomic E-state index is -0.491. The molecule has 1 aliphatic heterocycles. The van der Waals surface area contributed by atoms with E-state index in [-0.39, 0.29) is 11.4 Å². The fraction of sp³-hybridized carbons (Fsp3) is 0.333. The molecule has 3 N–H and O–H groups in total. The molecule has 1 heterocycles. The van der Waals surface area contributed by atoms with Gasteiger partial charge in [-0.1, -0.05) is 49.2 Å². The van der Waals surface area contributed by atoms with Gasteiger partial charge in [0.05, 0.1) is 12.9 Å². The first-order valence-corrected chi connectivity index (χ1v) is 12.1. The van der Waals surface area contributed by atoms with Crippen LogP contribution in [-0.2, 0) is 15.1 Å². The van der Waals surface area contributed by atoms with E-state index in [1.54, 1.807) is 18.9 Å². The summed E-state index contributed by atoms with van der Waals surface area (Å²) in [5.74, 6) is 0. The fourth-order valence-corrected chi connectivity index (χ4v) is 5.06. The molecule has 1 atom stereocenters. The van der Waals surface area contributed by atoms with E-state index in [1.807, 2.05) is 51.1 Å². The third-order valence-electron chi connectivity index (χ3n) is 5.78. The number of methoxy groups -OCH3 is 1. The van der Waals surface area contributed by atoms with E-state index in [0.717, 1.165) is 38.3 Å². The monoisotopic (exact) mass is 479 g/mol. The second-order valence-corrected chi connectivity index (χ2v) is 9.66. The van der Waals surface area contributed by atoms with E-state index >= 15 is 0 Å². The van der Waals surface area contributed by atoms with E-state index < -0.39 is 5.60 Å². The number of hydrogen-bond donors (Lipinski definition) is 3. The molecule has 2 aromatic rings. The summed E-state index contributed by atoms with van der Waals surface area (Å²) in [6, 6.07) is 12.1.